The van der Waals surface area contributed by atoms with Gasteiger partial charge in [0.1, 0.15) is 6.54 Å². The highest BCUT2D eigenvalue weighted by atomic mass is 16.2. The van der Waals surface area contributed by atoms with Crippen LogP contribution in [0.4, 0.5) is 0 Å². The number of nitrogens with two attached hydrogens (primary N) is 1. The second kappa shape index (κ2) is 7.13. The predicted molar refractivity (Wildman–Crippen MR) is 122 cm³/mol. The van der Waals surface area contributed by atoms with Crippen LogP contribution in [0.1, 0.15) is 33.1 Å². The van der Waals surface area contributed by atoms with E-state index >= 15 is 0 Å². The van der Waals surface area contributed by atoms with Gasteiger partial charge in [0.15, 0.2) is 0 Å². The van der Waals surface area contributed by atoms with Crippen LogP contribution in [0.25, 0.3) is 22.2 Å². The summed E-state index contributed by atoms with van der Waals surface area (Å²) >= 11 is 0. The number of hydrogen-bond acceptors (Lipinski definition) is 2. The maximum absolute atomic E-state index is 13.3. The maximum atomic E-state index is 13.3. The van der Waals surface area contributed by atoms with Gasteiger partial charge in [-0.1, -0.05) is 66.2 Å². The second-order valence-electron chi connectivity index (χ2n) is 8.09. The summed E-state index contributed by atoms with van der Waals surface area (Å²) in [6, 6.07) is 23.8. The zero-order chi connectivity index (χ0) is 21.7. The van der Waals surface area contributed by atoms with Gasteiger partial charge in [-0.15, -0.1) is 0 Å². The smallest absolute Gasteiger partial charge is 0.255 e. The van der Waals surface area contributed by atoms with Crippen LogP contribution in [-0.4, -0.2) is 27.8 Å². The number of benzene rings is 3. The third-order valence-corrected chi connectivity index (χ3v) is 6.13. The van der Waals surface area contributed by atoms with E-state index < -0.39 is 11.9 Å². The third kappa shape index (κ3) is 2.93. The molecular formula is C26H23N3O2. The van der Waals surface area contributed by atoms with E-state index in [1.807, 2.05) is 43.4 Å². The van der Waals surface area contributed by atoms with Gasteiger partial charge in [0, 0.05) is 29.1 Å². The summed E-state index contributed by atoms with van der Waals surface area (Å²) in [6.07, 6.45) is 0. The predicted octanol–water partition coefficient (Wildman–Crippen LogP) is 4.18. The van der Waals surface area contributed by atoms with E-state index in [2.05, 4.69) is 47.9 Å². The molecule has 0 bridgehead atoms. The van der Waals surface area contributed by atoms with Crippen LogP contribution < -0.4 is 5.73 Å². The molecule has 2 heterocycles. The number of rotatable bonds is 4. The molecule has 4 aromatic rings. The highest BCUT2D eigenvalue weighted by Gasteiger charge is 2.41. The zero-order valence-corrected chi connectivity index (χ0v) is 17.5. The number of carbonyl (C=O) groups is 2. The fourth-order valence-corrected chi connectivity index (χ4v) is 4.77. The molecule has 1 aliphatic heterocycles. The normalized spacial score (nSPS) is 15.5. The Balaban J connectivity index is 1.85. The molecule has 1 aliphatic rings. The minimum Gasteiger partial charge on any atom is -0.368 e. The van der Waals surface area contributed by atoms with Gasteiger partial charge in [-0.05, 0) is 30.2 Å². The highest BCUT2D eigenvalue weighted by molar-refractivity contribution is 6.03. The quantitative estimate of drug-likeness (QED) is 0.549. The van der Waals surface area contributed by atoms with Gasteiger partial charge in [-0.3, -0.25) is 9.59 Å². The van der Waals surface area contributed by atoms with Crippen LogP contribution in [0.3, 0.4) is 0 Å². The molecule has 5 rings (SSSR count). The van der Waals surface area contributed by atoms with Gasteiger partial charge in [0.05, 0.1) is 11.7 Å². The molecule has 0 aliphatic carbocycles. The molecule has 0 fully saturated rings. The first-order valence-corrected chi connectivity index (χ1v) is 10.3. The Morgan fingerprint density at radius 3 is 2.39 bits per heavy atom. The minimum atomic E-state index is -0.525. The summed E-state index contributed by atoms with van der Waals surface area (Å²) in [5, 5.41) is 1.06. The first-order valence-electron chi connectivity index (χ1n) is 10.3. The van der Waals surface area contributed by atoms with Gasteiger partial charge >= 0.3 is 0 Å². The van der Waals surface area contributed by atoms with E-state index in [4.69, 9.17) is 5.73 Å². The lowest BCUT2D eigenvalue weighted by Gasteiger charge is -2.26. The van der Waals surface area contributed by atoms with Crippen LogP contribution in [0, 0.1) is 6.92 Å². The fraction of sp³-hybridized carbons (Fsp3) is 0.154. The molecule has 1 atom stereocenters. The fourth-order valence-electron chi connectivity index (χ4n) is 4.77. The third-order valence-electron chi connectivity index (χ3n) is 6.13. The monoisotopic (exact) mass is 409 g/mol. The molecule has 1 aromatic heterocycles. The Labute approximate surface area is 180 Å². The number of fused-ring (bicyclic) bond motifs is 2. The molecule has 5 nitrogen and oxygen atoms in total. The van der Waals surface area contributed by atoms with E-state index in [0.29, 0.717) is 5.56 Å². The average molecular weight is 409 g/mol. The van der Waals surface area contributed by atoms with Gasteiger partial charge in [-0.25, -0.2) is 0 Å². The van der Waals surface area contributed by atoms with Crippen molar-refractivity contribution < 1.29 is 9.59 Å². The van der Waals surface area contributed by atoms with Gasteiger partial charge < -0.3 is 15.2 Å². The summed E-state index contributed by atoms with van der Waals surface area (Å²) in [4.78, 5) is 26.8. The second-order valence-corrected chi connectivity index (χ2v) is 8.09. The Morgan fingerprint density at radius 1 is 0.968 bits per heavy atom. The summed E-state index contributed by atoms with van der Waals surface area (Å²) < 4.78 is 2.17. The van der Waals surface area contributed by atoms with Crippen molar-refractivity contribution in [3.05, 3.63) is 95.1 Å². The lowest BCUT2D eigenvalue weighted by molar-refractivity contribution is -0.118. The van der Waals surface area contributed by atoms with Crippen molar-refractivity contribution in [2.75, 3.05) is 6.54 Å². The number of para-hydroxylation sites is 1. The van der Waals surface area contributed by atoms with Crippen molar-refractivity contribution >= 4 is 22.7 Å². The van der Waals surface area contributed by atoms with Crippen LogP contribution in [0.5, 0.6) is 0 Å². The molecule has 0 saturated carbocycles. The summed E-state index contributed by atoms with van der Waals surface area (Å²) in [5.74, 6) is -0.689. The first kappa shape index (κ1) is 19.1. The van der Waals surface area contributed by atoms with Crippen molar-refractivity contribution in [1.82, 2.24) is 9.47 Å². The average Bonchev–Trinajstić information content (AvgIpc) is 3.20. The first-order chi connectivity index (χ1) is 15.0. The molecule has 3 aromatic carbocycles. The largest absolute Gasteiger partial charge is 0.368 e. The summed E-state index contributed by atoms with van der Waals surface area (Å²) in [6.45, 7) is 1.93. The van der Waals surface area contributed by atoms with Crippen LogP contribution in [-0.2, 0) is 11.8 Å². The highest BCUT2D eigenvalue weighted by Crippen LogP contribution is 2.46. The molecule has 5 heteroatoms. The van der Waals surface area contributed by atoms with Crippen LogP contribution in [0.2, 0.25) is 0 Å². The minimum absolute atomic E-state index is 0.130. The van der Waals surface area contributed by atoms with Crippen molar-refractivity contribution in [2.24, 2.45) is 12.8 Å². The Bertz CT molecular complexity index is 1330. The van der Waals surface area contributed by atoms with Crippen molar-refractivity contribution in [3.63, 3.8) is 0 Å². The number of nitrogens with zero attached hydrogens (tertiary/aromatic N) is 2. The molecule has 1 unspecified atom stereocenters. The Hall–Kier alpha value is -3.86. The van der Waals surface area contributed by atoms with E-state index in [0.717, 1.165) is 33.3 Å². The maximum Gasteiger partial charge on any atom is 0.255 e. The van der Waals surface area contributed by atoms with Crippen molar-refractivity contribution in [1.29, 1.82) is 0 Å². The number of hydrogen-bond donors (Lipinski definition) is 1. The molecular weight excluding hydrogens is 386 g/mol. The van der Waals surface area contributed by atoms with Crippen molar-refractivity contribution in [3.8, 4) is 11.3 Å². The molecule has 2 amide bonds. The summed E-state index contributed by atoms with van der Waals surface area (Å²) in [7, 11) is 2.04. The van der Waals surface area contributed by atoms with Gasteiger partial charge in [0.2, 0.25) is 5.91 Å². The Kier molecular flexibility index (Phi) is 4.40. The molecule has 31 heavy (non-hydrogen) atoms. The number of amides is 2. The molecule has 2 N–H and O–H groups in total. The molecule has 0 saturated heterocycles. The van der Waals surface area contributed by atoms with Gasteiger partial charge in [0.25, 0.3) is 5.91 Å². The van der Waals surface area contributed by atoms with Crippen LogP contribution >= 0.6 is 0 Å². The van der Waals surface area contributed by atoms with Gasteiger partial charge in [-0.2, -0.15) is 0 Å². The topological polar surface area (TPSA) is 68.3 Å². The van der Waals surface area contributed by atoms with E-state index in [-0.39, 0.29) is 12.5 Å². The zero-order valence-electron chi connectivity index (χ0n) is 17.5. The van der Waals surface area contributed by atoms with E-state index in [1.165, 1.54) is 5.56 Å². The molecule has 0 spiro atoms. The number of carbonyl (C=O) groups excluding carboxylic acids is 2. The molecule has 0 radical (unpaired) electrons. The van der Waals surface area contributed by atoms with E-state index in [1.54, 1.807) is 4.90 Å². The Morgan fingerprint density at radius 2 is 1.65 bits per heavy atom. The lowest BCUT2D eigenvalue weighted by Crippen LogP contribution is -2.37. The molecule has 154 valence electrons. The van der Waals surface area contributed by atoms with Crippen LogP contribution in [0.15, 0.2) is 72.8 Å². The number of aromatic nitrogens is 1. The standard InChI is InChI=1S/C26H23N3O2/c1-16-11-13-17(14-12-16)24-23(20-9-5-6-10-21(20)28(24)2)25-18-7-3-4-8-19(18)26(31)29(25)15-22(27)30/h3-14,25H,15H2,1-2H3,(H2,27,30). The number of primary amides is 1. The summed E-state index contributed by atoms with van der Waals surface area (Å²) in [5.41, 5.74) is 12.4. The van der Waals surface area contributed by atoms with E-state index in [9.17, 15) is 9.59 Å². The number of aryl methyl sites for hydroxylation is 2. The van der Waals surface area contributed by atoms with Crippen molar-refractivity contribution in [2.45, 2.75) is 13.0 Å². The SMILES string of the molecule is Cc1ccc(-c2c(C3c4ccccc4C(=O)N3CC(N)=O)c3ccccc3n2C)cc1. The lowest BCUT2D eigenvalue weighted by atomic mass is 9.93.